The maximum absolute atomic E-state index is 13.0. The molecule has 0 aromatic rings. The van der Waals surface area contributed by atoms with Crippen LogP contribution >= 0.6 is 0 Å². The minimum atomic E-state index is -1.44. The number of aliphatic carboxylic acids is 1. The molecule has 0 radical (unpaired) electrons. The van der Waals surface area contributed by atoms with Gasteiger partial charge in [0.05, 0.1) is 13.2 Å². The second kappa shape index (κ2) is 9.11. The fraction of sp³-hybridized carbons (Fsp3) is 0.750. The molecule has 4 atom stereocenters. The smallest absolute Gasteiger partial charge is 0.328 e. The predicted molar refractivity (Wildman–Crippen MR) is 91.2 cm³/mol. The van der Waals surface area contributed by atoms with Gasteiger partial charge in [-0.1, -0.05) is 0 Å². The van der Waals surface area contributed by atoms with Gasteiger partial charge in [-0.05, 0) is 25.7 Å². The first kappa shape index (κ1) is 21.1. The second-order valence-electron chi connectivity index (χ2n) is 6.75. The van der Waals surface area contributed by atoms with E-state index < -0.39 is 55.2 Å². The number of nitrogens with two attached hydrogens (primary N) is 1. The van der Waals surface area contributed by atoms with E-state index in [1.165, 1.54) is 9.80 Å². The molecule has 0 aromatic heterocycles. The molecule has 2 aliphatic heterocycles. The summed E-state index contributed by atoms with van der Waals surface area (Å²) in [6.07, 6.45) is 1.97. The summed E-state index contributed by atoms with van der Waals surface area (Å²) in [5.41, 5.74) is 5.58. The van der Waals surface area contributed by atoms with Gasteiger partial charge in [0, 0.05) is 13.1 Å². The summed E-state index contributed by atoms with van der Waals surface area (Å²) < 4.78 is 0. The first-order valence-electron chi connectivity index (χ1n) is 8.93. The predicted octanol–water partition coefficient (Wildman–Crippen LogP) is -3.15. The molecular formula is C16H26N4O7. The number of carboxylic acid groups (broad SMARTS) is 1. The zero-order chi connectivity index (χ0) is 20.1. The molecule has 0 aliphatic carbocycles. The maximum Gasteiger partial charge on any atom is 0.328 e. The summed E-state index contributed by atoms with van der Waals surface area (Å²) in [6, 6.07) is -4.15. The molecular weight excluding hydrogens is 360 g/mol. The van der Waals surface area contributed by atoms with Crippen molar-refractivity contribution in [2.75, 3.05) is 26.3 Å². The minimum Gasteiger partial charge on any atom is -0.480 e. The van der Waals surface area contributed by atoms with Crippen molar-refractivity contribution in [3.63, 3.8) is 0 Å². The molecule has 0 aromatic carbocycles. The highest BCUT2D eigenvalue weighted by Gasteiger charge is 2.43. The lowest BCUT2D eigenvalue weighted by Gasteiger charge is -2.32. The highest BCUT2D eigenvalue weighted by atomic mass is 16.4. The van der Waals surface area contributed by atoms with Crippen LogP contribution in [0.25, 0.3) is 0 Å². The molecule has 11 nitrogen and oxygen atoms in total. The lowest BCUT2D eigenvalue weighted by atomic mass is 10.1. The summed E-state index contributed by atoms with van der Waals surface area (Å²) in [6.45, 7) is -0.619. The molecule has 27 heavy (non-hydrogen) atoms. The normalized spacial score (nSPS) is 24.6. The third-order valence-corrected chi connectivity index (χ3v) is 4.97. The number of nitrogens with one attached hydrogen (secondary N) is 1. The number of hydrogen-bond donors (Lipinski definition) is 5. The van der Waals surface area contributed by atoms with Crippen molar-refractivity contribution < 1.29 is 34.5 Å². The van der Waals surface area contributed by atoms with Gasteiger partial charge in [0.2, 0.25) is 17.7 Å². The van der Waals surface area contributed by atoms with Gasteiger partial charge in [-0.3, -0.25) is 14.4 Å². The van der Waals surface area contributed by atoms with Crippen LogP contribution in [0, 0.1) is 0 Å². The number of aliphatic hydroxyl groups is 2. The molecule has 6 N–H and O–H groups in total. The van der Waals surface area contributed by atoms with Crippen molar-refractivity contribution in [1.29, 1.82) is 0 Å². The number of rotatable bonds is 7. The van der Waals surface area contributed by atoms with E-state index in [1.54, 1.807) is 0 Å². The van der Waals surface area contributed by atoms with E-state index in [1.807, 2.05) is 0 Å². The highest BCUT2D eigenvalue weighted by Crippen LogP contribution is 2.25. The molecule has 2 aliphatic rings. The average Bonchev–Trinajstić information content (AvgIpc) is 3.33. The highest BCUT2D eigenvalue weighted by molar-refractivity contribution is 5.94. The van der Waals surface area contributed by atoms with E-state index in [0.29, 0.717) is 38.8 Å². The topological polar surface area (TPSA) is 173 Å². The SMILES string of the molecule is NC(CO)C(=O)N1CCCC1C(=O)N1CCCC1C(=O)NC(CO)C(=O)O. The zero-order valence-electron chi connectivity index (χ0n) is 14.9. The van der Waals surface area contributed by atoms with Crippen molar-refractivity contribution in [2.45, 2.75) is 49.9 Å². The third kappa shape index (κ3) is 4.54. The number of likely N-dealkylation sites (tertiary alicyclic amines) is 2. The molecule has 2 heterocycles. The van der Waals surface area contributed by atoms with Crippen molar-refractivity contribution in [1.82, 2.24) is 15.1 Å². The van der Waals surface area contributed by atoms with Crippen molar-refractivity contribution in [3.8, 4) is 0 Å². The van der Waals surface area contributed by atoms with Crippen LogP contribution in [0.1, 0.15) is 25.7 Å². The second-order valence-corrected chi connectivity index (χ2v) is 6.75. The zero-order valence-corrected chi connectivity index (χ0v) is 14.9. The Hall–Kier alpha value is -2.24. The Bertz CT molecular complexity index is 599. The van der Waals surface area contributed by atoms with Crippen molar-refractivity contribution in [3.05, 3.63) is 0 Å². The third-order valence-electron chi connectivity index (χ3n) is 4.97. The van der Waals surface area contributed by atoms with Gasteiger partial charge in [-0.2, -0.15) is 0 Å². The molecule has 4 unspecified atom stereocenters. The first-order valence-corrected chi connectivity index (χ1v) is 8.93. The summed E-state index contributed by atoms with van der Waals surface area (Å²) in [5.74, 6) is -2.92. The Morgan fingerprint density at radius 2 is 1.59 bits per heavy atom. The fourth-order valence-electron chi connectivity index (χ4n) is 3.53. The van der Waals surface area contributed by atoms with Crippen LogP contribution in [0.4, 0.5) is 0 Å². The fourth-order valence-corrected chi connectivity index (χ4v) is 3.53. The number of carboxylic acids is 1. The van der Waals surface area contributed by atoms with Crippen molar-refractivity contribution in [2.24, 2.45) is 5.73 Å². The maximum atomic E-state index is 13.0. The molecule has 3 amide bonds. The van der Waals surface area contributed by atoms with Crippen LogP contribution in [-0.4, -0.2) is 99.3 Å². The molecule has 2 fully saturated rings. The van der Waals surface area contributed by atoms with E-state index >= 15 is 0 Å². The number of carbonyl (C=O) groups is 4. The standard InChI is InChI=1S/C16H26N4O7/c17-9(7-21)14(24)20-6-2-4-12(20)15(25)19-5-1-3-11(19)13(23)18-10(8-22)16(26)27/h9-12,21-22H,1-8,17H2,(H,18,23)(H,26,27). The number of amides is 3. The van der Waals surface area contributed by atoms with Gasteiger partial charge in [-0.25, -0.2) is 4.79 Å². The van der Waals surface area contributed by atoms with Crippen molar-refractivity contribution >= 4 is 23.7 Å². The molecule has 0 spiro atoms. The van der Waals surface area contributed by atoms with Crippen LogP contribution in [0.3, 0.4) is 0 Å². The van der Waals surface area contributed by atoms with E-state index in [4.69, 9.17) is 21.1 Å². The summed E-state index contributed by atoms with van der Waals surface area (Å²) in [7, 11) is 0. The summed E-state index contributed by atoms with van der Waals surface area (Å²) in [4.78, 5) is 51.3. The Balaban J connectivity index is 2.09. The Labute approximate surface area is 156 Å². The Morgan fingerprint density at radius 3 is 2.15 bits per heavy atom. The molecule has 0 bridgehead atoms. The van der Waals surface area contributed by atoms with Gasteiger partial charge in [0.15, 0.2) is 0 Å². The number of carbonyl (C=O) groups excluding carboxylic acids is 3. The van der Waals surface area contributed by atoms with E-state index in [2.05, 4.69) is 5.32 Å². The van der Waals surface area contributed by atoms with E-state index in [0.717, 1.165) is 0 Å². The summed E-state index contributed by atoms with van der Waals surface area (Å²) >= 11 is 0. The van der Waals surface area contributed by atoms with E-state index in [9.17, 15) is 19.2 Å². The molecule has 2 rings (SSSR count). The van der Waals surface area contributed by atoms with Gasteiger partial charge in [0.1, 0.15) is 24.2 Å². The monoisotopic (exact) mass is 386 g/mol. The van der Waals surface area contributed by atoms with Gasteiger partial charge < -0.3 is 36.2 Å². The number of hydrogen-bond acceptors (Lipinski definition) is 7. The van der Waals surface area contributed by atoms with Crippen LogP contribution < -0.4 is 11.1 Å². The van der Waals surface area contributed by atoms with E-state index in [-0.39, 0.29) is 5.91 Å². The van der Waals surface area contributed by atoms with Crippen LogP contribution in [0.15, 0.2) is 0 Å². The Morgan fingerprint density at radius 1 is 1.00 bits per heavy atom. The van der Waals surface area contributed by atoms with Crippen LogP contribution in [0.5, 0.6) is 0 Å². The average molecular weight is 386 g/mol. The lowest BCUT2D eigenvalue weighted by Crippen LogP contribution is -2.57. The molecule has 0 saturated carbocycles. The Kier molecular flexibility index (Phi) is 7.11. The quantitative estimate of drug-likeness (QED) is 0.305. The minimum absolute atomic E-state index is 0.318. The molecule has 11 heteroatoms. The largest absolute Gasteiger partial charge is 0.480 e. The van der Waals surface area contributed by atoms with Gasteiger partial charge in [0.25, 0.3) is 0 Å². The number of nitrogens with zero attached hydrogens (tertiary/aromatic N) is 2. The van der Waals surface area contributed by atoms with Gasteiger partial charge in [-0.15, -0.1) is 0 Å². The molecule has 152 valence electrons. The summed E-state index contributed by atoms with van der Waals surface area (Å²) in [5, 5.41) is 29.3. The van der Waals surface area contributed by atoms with Crippen LogP contribution in [-0.2, 0) is 19.2 Å². The first-order chi connectivity index (χ1) is 12.8. The molecule has 2 saturated heterocycles. The van der Waals surface area contributed by atoms with Gasteiger partial charge >= 0.3 is 5.97 Å². The lowest BCUT2D eigenvalue weighted by molar-refractivity contribution is -0.148. The van der Waals surface area contributed by atoms with Crippen LogP contribution in [0.2, 0.25) is 0 Å². The number of aliphatic hydroxyl groups excluding tert-OH is 2.